The molecule has 0 heterocycles. The fourth-order valence-corrected chi connectivity index (χ4v) is 1.27. The summed E-state index contributed by atoms with van der Waals surface area (Å²) in [5.74, 6) is 5.56. The highest BCUT2D eigenvalue weighted by molar-refractivity contribution is 5.99. The van der Waals surface area contributed by atoms with E-state index < -0.39 is 0 Å². The molecule has 98 valence electrons. The number of hydrogen-bond acceptors (Lipinski definition) is 5. The lowest BCUT2D eigenvalue weighted by molar-refractivity contribution is -0.112. The normalized spacial score (nSPS) is 15.4. The van der Waals surface area contributed by atoms with Crippen LogP contribution in [0.2, 0.25) is 0 Å². The van der Waals surface area contributed by atoms with Crippen molar-refractivity contribution in [2.75, 3.05) is 11.2 Å². The van der Waals surface area contributed by atoms with Gasteiger partial charge >= 0.3 is 0 Å². The minimum absolute atomic E-state index is 0.00901. The van der Waals surface area contributed by atoms with Crippen molar-refractivity contribution in [2.45, 2.75) is 27.2 Å². The van der Waals surface area contributed by atoms with E-state index in [9.17, 15) is 9.59 Å². The number of nitrogen functional groups attached to an aromatic ring is 2. The second-order valence-corrected chi connectivity index (χ2v) is 4.99. The molecule has 0 amide bonds. The van der Waals surface area contributed by atoms with Gasteiger partial charge in [-0.3, -0.25) is 15.4 Å². The van der Waals surface area contributed by atoms with E-state index >= 15 is 0 Å². The molecule has 18 heavy (non-hydrogen) atoms. The van der Waals surface area contributed by atoms with Crippen molar-refractivity contribution >= 4 is 22.9 Å². The number of benzene rings is 1. The fraction of sp³-hybridized carbons (Fsp3) is 0.385. The summed E-state index contributed by atoms with van der Waals surface area (Å²) in [4.78, 5) is 21.1. The van der Waals surface area contributed by atoms with Crippen LogP contribution in [0.1, 0.15) is 37.6 Å². The Labute approximate surface area is 107 Å². The highest BCUT2D eigenvalue weighted by Gasteiger charge is 2.43. The van der Waals surface area contributed by atoms with E-state index in [0.29, 0.717) is 22.7 Å². The average molecular weight is 249 g/mol. The lowest BCUT2D eigenvalue weighted by Gasteiger charge is -2.04. The summed E-state index contributed by atoms with van der Waals surface area (Å²) in [5, 5.41) is 0. The molecule has 0 aliphatic heterocycles. The predicted molar refractivity (Wildman–Crippen MR) is 72.1 cm³/mol. The SMILES string of the molecule is CC(=O)c1ccc(NN)c(N)c1.CC1(C)CC1=O. The minimum Gasteiger partial charge on any atom is -0.397 e. The summed E-state index contributed by atoms with van der Waals surface area (Å²) < 4.78 is 0. The molecule has 0 bridgehead atoms. The molecule has 1 aromatic carbocycles. The largest absolute Gasteiger partial charge is 0.397 e. The van der Waals surface area contributed by atoms with Crippen molar-refractivity contribution in [3.8, 4) is 0 Å². The Morgan fingerprint density at radius 3 is 2.17 bits per heavy atom. The number of ketones is 2. The zero-order valence-electron chi connectivity index (χ0n) is 10.9. The van der Waals surface area contributed by atoms with Crippen LogP contribution < -0.4 is 17.0 Å². The van der Waals surface area contributed by atoms with Crippen LogP contribution in [0.3, 0.4) is 0 Å². The van der Waals surface area contributed by atoms with E-state index in [4.69, 9.17) is 11.6 Å². The summed E-state index contributed by atoms with van der Waals surface area (Å²) in [5.41, 5.74) is 9.76. The molecule has 1 aromatic rings. The summed E-state index contributed by atoms with van der Waals surface area (Å²) in [7, 11) is 0. The average Bonchev–Trinajstić information content (AvgIpc) is 2.84. The van der Waals surface area contributed by atoms with Gasteiger partial charge in [-0.25, -0.2) is 0 Å². The van der Waals surface area contributed by atoms with Gasteiger partial charge in [0, 0.05) is 17.4 Å². The zero-order valence-corrected chi connectivity index (χ0v) is 10.9. The molecule has 5 N–H and O–H groups in total. The molecule has 0 aromatic heterocycles. The van der Waals surface area contributed by atoms with E-state index in [1.807, 2.05) is 13.8 Å². The number of nitrogens with one attached hydrogen (secondary N) is 1. The van der Waals surface area contributed by atoms with Crippen molar-refractivity contribution in [1.82, 2.24) is 0 Å². The highest BCUT2D eigenvalue weighted by Crippen LogP contribution is 2.38. The summed E-state index contributed by atoms with van der Waals surface area (Å²) in [6.07, 6.45) is 0.799. The molecule has 1 fully saturated rings. The van der Waals surface area contributed by atoms with Gasteiger partial charge in [-0.1, -0.05) is 13.8 Å². The Bertz CT molecular complexity index is 481. The first-order valence-electron chi connectivity index (χ1n) is 5.68. The fourth-order valence-electron chi connectivity index (χ4n) is 1.27. The third-order valence-corrected chi connectivity index (χ3v) is 2.85. The first-order valence-corrected chi connectivity index (χ1v) is 5.68. The van der Waals surface area contributed by atoms with Crippen LogP contribution in [0, 0.1) is 5.41 Å². The molecule has 0 atom stereocenters. The van der Waals surface area contributed by atoms with E-state index in [2.05, 4.69) is 5.43 Å². The van der Waals surface area contributed by atoms with Crippen molar-refractivity contribution < 1.29 is 9.59 Å². The molecule has 0 unspecified atom stereocenters. The highest BCUT2D eigenvalue weighted by atomic mass is 16.1. The minimum atomic E-state index is -0.00901. The first kappa shape index (κ1) is 14.2. The molecule has 5 heteroatoms. The predicted octanol–water partition coefficient (Wildman–Crippen LogP) is 1.74. The maximum atomic E-state index is 10.9. The Hall–Kier alpha value is -1.88. The van der Waals surface area contributed by atoms with Crippen LogP contribution in [0.25, 0.3) is 0 Å². The van der Waals surface area contributed by atoms with Gasteiger partial charge < -0.3 is 11.2 Å². The molecule has 1 saturated carbocycles. The van der Waals surface area contributed by atoms with Gasteiger partial charge in [0.1, 0.15) is 5.78 Å². The van der Waals surface area contributed by atoms with Crippen molar-refractivity contribution in [3.63, 3.8) is 0 Å². The standard InChI is InChI=1S/C8H11N3O.C5H8O/c1-5(12)6-2-3-8(11-10)7(9)4-6;1-5(2)3-4(5)6/h2-4,11H,9-10H2,1H3;3H2,1-2H3. The van der Waals surface area contributed by atoms with Crippen LogP contribution in [0.4, 0.5) is 11.4 Å². The van der Waals surface area contributed by atoms with Gasteiger partial charge in [0.2, 0.25) is 0 Å². The lowest BCUT2D eigenvalue weighted by Crippen LogP contribution is -2.09. The third kappa shape index (κ3) is 3.56. The molecule has 0 saturated heterocycles. The molecular weight excluding hydrogens is 230 g/mol. The zero-order chi connectivity index (χ0) is 13.9. The molecule has 1 aliphatic rings. The monoisotopic (exact) mass is 249 g/mol. The van der Waals surface area contributed by atoms with E-state index in [0.717, 1.165) is 6.42 Å². The molecule has 2 rings (SSSR count). The quantitative estimate of drug-likeness (QED) is 0.321. The molecule has 5 nitrogen and oxygen atoms in total. The second kappa shape index (κ2) is 5.18. The van der Waals surface area contributed by atoms with Gasteiger partial charge in [-0.15, -0.1) is 0 Å². The Balaban J connectivity index is 0.000000225. The van der Waals surface area contributed by atoms with Crippen LogP contribution in [-0.4, -0.2) is 11.6 Å². The topological polar surface area (TPSA) is 98.2 Å². The molecular formula is C13H19N3O2. The number of hydrogen-bond donors (Lipinski definition) is 3. The van der Waals surface area contributed by atoms with Crippen molar-refractivity contribution in [1.29, 1.82) is 0 Å². The smallest absolute Gasteiger partial charge is 0.159 e. The summed E-state index contributed by atoms with van der Waals surface area (Å²) >= 11 is 0. The van der Waals surface area contributed by atoms with E-state index in [1.54, 1.807) is 18.2 Å². The van der Waals surface area contributed by atoms with Crippen LogP contribution in [0.5, 0.6) is 0 Å². The summed E-state index contributed by atoms with van der Waals surface area (Å²) in [6.45, 7) is 5.43. The van der Waals surface area contributed by atoms with Gasteiger partial charge in [0.15, 0.2) is 5.78 Å². The molecule has 0 spiro atoms. The number of carbonyl (C=O) groups excluding carboxylic acids is 2. The third-order valence-electron chi connectivity index (χ3n) is 2.85. The maximum Gasteiger partial charge on any atom is 0.159 e. The van der Waals surface area contributed by atoms with E-state index in [1.165, 1.54) is 6.92 Å². The van der Waals surface area contributed by atoms with Gasteiger partial charge in [-0.2, -0.15) is 0 Å². The summed E-state index contributed by atoms with van der Waals surface area (Å²) in [6, 6.07) is 4.94. The van der Waals surface area contributed by atoms with Gasteiger partial charge in [0.25, 0.3) is 0 Å². The Morgan fingerprint density at radius 2 is 1.89 bits per heavy atom. The van der Waals surface area contributed by atoms with Crippen molar-refractivity contribution in [3.05, 3.63) is 23.8 Å². The first-order chi connectivity index (χ1) is 8.27. The van der Waals surface area contributed by atoms with Crippen LogP contribution >= 0.6 is 0 Å². The second-order valence-electron chi connectivity index (χ2n) is 4.99. The maximum absolute atomic E-state index is 10.9. The van der Waals surface area contributed by atoms with Gasteiger partial charge in [-0.05, 0) is 25.1 Å². The van der Waals surface area contributed by atoms with Gasteiger partial charge in [0.05, 0.1) is 11.4 Å². The van der Waals surface area contributed by atoms with Crippen LogP contribution in [-0.2, 0) is 4.79 Å². The van der Waals surface area contributed by atoms with Crippen molar-refractivity contribution in [2.24, 2.45) is 11.3 Å². The number of anilines is 2. The number of nitrogens with two attached hydrogens (primary N) is 2. The number of rotatable bonds is 2. The number of hydrazine groups is 1. The number of carbonyl (C=O) groups is 2. The Morgan fingerprint density at radius 1 is 1.39 bits per heavy atom. The van der Waals surface area contributed by atoms with Crippen LogP contribution in [0.15, 0.2) is 18.2 Å². The lowest BCUT2D eigenvalue weighted by atomic mass is 10.1. The van der Waals surface area contributed by atoms with E-state index in [-0.39, 0.29) is 11.2 Å². The molecule has 1 aliphatic carbocycles. The number of Topliss-reactive ketones (excluding diaryl/α,β-unsaturated/α-hetero) is 2. The molecule has 0 radical (unpaired) electrons. The Kier molecular flexibility index (Phi) is 4.08.